The average molecular weight is 396 g/mol. The number of fused-ring (bicyclic) bond motifs is 1. The lowest BCUT2D eigenvalue weighted by Crippen LogP contribution is -2.43. The quantitative estimate of drug-likeness (QED) is 0.468. The van der Waals surface area contributed by atoms with E-state index in [4.69, 9.17) is 11.6 Å². The van der Waals surface area contributed by atoms with Crippen LogP contribution in [-0.2, 0) is 0 Å². The van der Waals surface area contributed by atoms with Gasteiger partial charge in [0.2, 0.25) is 0 Å². The standard InChI is InChI=1S/C18H23ClFN3O2Si/c1-9(2)26(10(3)4,11(5)6)8-7-12-13-15(14(20)16(19)21-12)22-18(25)23-17(13)24/h9-11H,1-6H3,(H2,22,23,24,25). The Hall–Kier alpha value is -1.91. The van der Waals surface area contributed by atoms with Crippen molar-refractivity contribution in [3.63, 3.8) is 0 Å². The third kappa shape index (κ3) is 3.36. The van der Waals surface area contributed by atoms with E-state index in [1.54, 1.807) is 0 Å². The molecule has 0 atom stereocenters. The van der Waals surface area contributed by atoms with E-state index in [2.05, 4.69) is 68.0 Å². The first-order valence-corrected chi connectivity index (χ1v) is 11.2. The topological polar surface area (TPSA) is 78.6 Å². The summed E-state index contributed by atoms with van der Waals surface area (Å²) < 4.78 is 14.2. The van der Waals surface area contributed by atoms with Gasteiger partial charge in [-0.3, -0.25) is 9.78 Å². The summed E-state index contributed by atoms with van der Waals surface area (Å²) in [5, 5.41) is -0.507. The van der Waals surface area contributed by atoms with Crippen LogP contribution in [0.25, 0.3) is 10.9 Å². The van der Waals surface area contributed by atoms with Crippen molar-refractivity contribution in [2.24, 2.45) is 0 Å². The van der Waals surface area contributed by atoms with Gasteiger partial charge in [-0.2, -0.15) is 0 Å². The number of aromatic amines is 2. The maximum absolute atomic E-state index is 14.2. The molecule has 0 amide bonds. The Bertz CT molecular complexity index is 993. The normalized spacial score (nSPS) is 12.1. The Labute approximate surface area is 157 Å². The van der Waals surface area contributed by atoms with Gasteiger partial charge in [0, 0.05) is 0 Å². The minimum Gasteiger partial charge on any atom is -0.304 e. The molecule has 2 heterocycles. The van der Waals surface area contributed by atoms with Crippen molar-refractivity contribution < 1.29 is 4.39 Å². The molecule has 2 aromatic heterocycles. The van der Waals surface area contributed by atoms with Gasteiger partial charge >= 0.3 is 5.69 Å². The first-order valence-electron chi connectivity index (χ1n) is 8.56. The minimum absolute atomic E-state index is 0.0850. The zero-order valence-corrected chi connectivity index (χ0v) is 17.5. The summed E-state index contributed by atoms with van der Waals surface area (Å²) in [7, 11) is -2.08. The average Bonchev–Trinajstić information content (AvgIpc) is 2.50. The third-order valence-corrected chi connectivity index (χ3v) is 11.6. The van der Waals surface area contributed by atoms with E-state index >= 15 is 0 Å². The highest BCUT2D eigenvalue weighted by Crippen LogP contribution is 2.40. The van der Waals surface area contributed by atoms with Crippen LogP contribution in [0.4, 0.5) is 4.39 Å². The summed E-state index contributed by atoms with van der Waals surface area (Å²) in [6.07, 6.45) is 0. The van der Waals surface area contributed by atoms with Gasteiger partial charge in [0.1, 0.15) is 19.2 Å². The summed E-state index contributed by atoms with van der Waals surface area (Å²) >= 11 is 5.86. The van der Waals surface area contributed by atoms with Crippen molar-refractivity contribution in [3.8, 4) is 11.5 Å². The van der Waals surface area contributed by atoms with E-state index < -0.39 is 30.3 Å². The Morgan fingerprint density at radius 1 is 1.04 bits per heavy atom. The fourth-order valence-corrected chi connectivity index (χ4v) is 9.25. The summed E-state index contributed by atoms with van der Waals surface area (Å²) in [6.45, 7) is 13.0. The molecule has 0 spiro atoms. The van der Waals surface area contributed by atoms with Gasteiger partial charge in [0.15, 0.2) is 11.0 Å². The van der Waals surface area contributed by atoms with Crippen molar-refractivity contribution in [1.29, 1.82) is 0 Å². The van der Waals surface area contributed by atoms with Crippen LogP contribution in [0.3, 0.4) is 0 Å². The predicted molar refractivity (Wildman–Crippen MR) is 106 cm³/mol. The number of nitrogens with zero attached hydrogens (tertiary/aromatic N) is 1. The number of hydrogen-bond donors (Lipinski definition) is 2. The van der Waals surface area contributed by atoms with Crippen molar-refractivity contribution in [2.45, 2.75) is 58.2 Å². The molecule has 0 aliphatic carbocycles. The zero-order valence-electron chi connectivity index (χ0n) is 15.8. The van der Waals surface area contributed by atoms with E-state index in [0.717, 1.165) is 0 Å². The van der Waals surface area contributed by atoms with Crippen molar-refractivity contribution in [3.05, 3.63) is 37.5 Å². The number of hydrogen-bond acceptors (Lipinski definition) is 3. The first-order chi connectivity index (χ1) is 12.0. The number of nitrogens with one attached hydrogen (secondary N) is 2. The molecule has 140 valence electrons. The summed E-state index contributed by atoms with van der Waals surface area (Å²) in [6, 6.07) is 0. The van der Waals surface area contributed by atoms with Gasteiger partial charge in [-0.25, -0.2) is 14.2 Å². The number of H-pyrrole nitrogens is 2. The SMILES string of the molecule is CC(C)[Si](C#Cc1nc(Cl)c(F)c2[nH]c(=O)[nH]c(=O)c12)(C(C)C)C(C)C. The summed E-state index contributed by atoms with van der Waals surface area (Å²) in [4.78, 5) is 32.1. The van der Waals surface area contributed by atoms with Crippen LogP contribution in [-0.4, -0.2) is 23.0 Å². The van der Waals surface area contributed by atoms with Gasteiger partial charge in [-0.15, -0.1) is 5.54 Å². The molecule has 0 saturated carbocycles. The summed E-state index contributed by atoms with van der Waals surface area (Å²) in [5.74, 6) is 2.07. The van der Waals surface area contributed by atoms with Gasteiger partial charge in [-0.1, -0.05) is 59.1 Å². The molecular formula is C18H23ClFN3O2Si. The smallest absolute Gasteiger partial charge is 0.304 e. The molecule has 0 bridgehead atoms. The van der Waals surface area contributed by atoms with Gasteiger partial charge in [0.05, 0.1) is 5.52 Å². The Morgan fingerprint density at radius 2 is 1.58 bits per heavy atom. The van der Waals surface area contributed by atoms with E-state index in [1.807, 2.05) is 0 Å². The Kier molecular flexibility index (Phi) is 5.78. The highest BCUT2D eigenvalue weighted by atomic mass is 35.5. The predicted octanol–water partition coefficient (Wildman–Crippen LogP) is 3.97. The molecule has 2 N–H and O–H groups in total. The fraction of sp³-hybridized carbons (Fsp3) is 0.500. The molecule has 2 rings (SSSR count). The van der Waals surface area contributed by atoms with Crippen LogP contribution in [0, 0.1) is 17.3 Å². The number of rotatable bonds is 3. The molecule has 26 heavy (non-hydrogen) atoms. The first kappa shape index (κ1) is 20.4. The molecule has 0 aromatic carbocycles. The molecule has 0 unspecified atom stereocenters. The minimum atomic E-state index is -2.08. The van der Waals surface area contributed by atoms with Crippen molar-refractivity contribution in [1.82, 2.24) is 15.0 Å². The Balaban J connectivity index is 2.86. The van der Waals surface area contributed by atoms with Crippen LogP contribution >= 0.6 is 11.6 Å². The molecule has 8 heteroatoms. The van der Waals surface area contributed by atoms with E-state index in [1.165, 1.54) is 0 Å². The lowest BCUT2D eigenvalue weighted by Gasteiger charge is -2.38. The van der Waals surface area contributed by atoms with Crippen molar-refractivity contribution in [2.75, 3.05) is 0 Å². The maximum atomic E-state index is 14.2. The zero-order chi connectivity index (χ0) is 19.8. The molecular weight excluding hydrogens is 373 g/mol. The van der Waals surface area contributed by atoms with Gasteiger partial charge in [0.25, 0.3) is 5.56 Å². The molecule has 0 radical (unpaired) electrons. The van der Waals surface area contributed by atoms with Crippen LogP contribution in [0.15, 0.2) is 9.59 Å². The number of pyridine rings is 1. The van der Waals surface area contributed by atoms with Crippen LogP contribution in [0.1, 0.15) is 47.2 Å². The molecule has 0 saturated heterocycles. The van der Waals surface area contributed by atoms with E-state index in [-0.39, 0.29) is 16.6 Å². The van der Waals surface area contributed by atoms with Crippen LogP contribution in [0.5, 0.6) is 0 Å². The number of halogens is 2. The summed E-state index contributed by atoms with van der Waals surface area (Å²) in [5.41, 5.74) is 2.86. The largest absolute Gasteiger partial charge is 0.326 e. The molecule has 5 nitrogen and oxygen atoms in total. The molecule has 0 aliphatic heterocycles. The highest BCUT2D eigenvalue weighted by molar-refractivity contribution is 6.90. The fourth-order valence-electron chi connectivity index (χ4n) is 3.87. The molecule has 0 fully saturated rings. The number of aromatic nitrogens is 3. The van der Waals surface area contributed by atoms with Gasteiger partial charge in [-0.05, 0) is 16.6 Å². The Morgan fingerprint density at radius 3 is 2.08 bits per heavy atom. The lowest BCUT2D eigenvalue weighted by atomic mass is 10.2. The highest BCUT2D eigenvalue weighted by Gasteiger charge is 2.41. The van der Waals surface area contributed by atoms with Crippen LogP contribution in [0.2, 0.25) is 21.8 Å². The lowest BCUT2D eigenvalue weighted by molar-refractivity contribution is 0.630. The molecule has 0 aliphatic rings. The second-order valence-corrected chi connectivity index (χ2v) is 13.3. The second-order valence-electron chi connectivity index (χ2n) is 7.37. The van der Waals surface area contributed by atoms with Crippen LogP contribution < -0.4 is 11.2 Å². The van der Waals surface area contributed by atoms with E-state index in [9.17, 15) is 14.0 Å². The maximum Gasteiger partial charge on any atom is 0.326 e. The van der Waals surface area contributed by atoms with Gasteiger partial charge < -0.3 is 4.98 Å². The van der Waals surface area contributed by atoms with E-state index in [0.29, 0.717) is 16.6 Å². The second kappa shape index (κ2) is 7.37. The van der Waals surface area contributed by atoms with Crippen molar-refractivity contribution >= 4 is 30.6 Å². The third-order valence-electron chi connectivity index (χ3n) is 5.05. The monoisotopic (exact) mass is 395 g/mol. The molecule has 2 aromatic rings.